The Morgan fingerprint density at radius 2 is 2.29 bits per heavy atom. The van der Waals surface area contributed by atoms with Crippen molar-refractivity contribution in [2.75, 3.05) is 6.61 Å². The van der Waals surface area contributed by atoms with Crippen molar-refractivity contribution in [3.8, 4) is 11.8 Å². The van der Waals surface area contributed by atoms with Crippen molar-refractivity contribution in [3.05, 3.63) is 47.0 Å². The van der Waals surface area contributed by atoms with Gasteiger partial charge in [-0.05, 0) is 19.1 Å². The number of carbonyl (C=O) groups is 1. The van der Waals surface area contributed by atoms with E-state index in [1.807, 2.05) is 6.92 Å². The standard InChI is InChI=1S/C15H16N4O2/c1-11-13(10-18-19-11)9-17-15(21)14-6-5-12(8-16-14)4-2-3-7-20/h5-6,8,10,20H,3,7,9H2,1H3,(H,17,21)(H,18,19). The summed E-state index contributed by atoms with van der Waals surface area (Å²) in [6, 6.07) is 3.36. The number of pyridine rings is 1. The van der Waals surface area contributed by atoms with E-state index in [0.717, 1.165) is 11.3 Å². The van der Waals surface area contributed by atoms with Crippen LogP contribution in [-0.2, 0) is 6.54 Å². The molecule has 3 N–H and O–H groups in total. The monoisotopic (exact) mass is 284 g/mol. The quantitative estimate of drug-likeness (QED) is 0.723. The van der Waals surface area contributed by atoms with E-state index in [1.165, 1.54) is 0 Å². The number of H-pyrrole nitrogens is 1. The zero-order valence-corrected chi connectivity index (χ0v) is 11.7. The highest BCUT2D eigenvalue weighted by Crippen LogP contribution is 2.03. The van der Waals surface area contributed by atoms with Crippen LogP contribution in [0.15, 0.2) is 24.5 Å². The normalized spacial score (nSPS) is 9.81. The van der Waals surface area contributed by atoms with Crippen LogP contribution in [0.4, 0.5) is 0 Å². The summed E-state index contributed by atoms with van der Waals surface area (Å²) in [5, 5.41) is 18.1. The molecule has 0 unspecified atom stereocenters. The average Bonchev–Trinajstić information content (AvgIpc) is 2.91. The Kier molecular flexibility index (Phi) is 5.07. The zero-order chi connectivity index (χ0) is 15.1. The Hall–Kier alpha value is -2.65. The molecule has 2 aromatic heterocycles. The first-order valence-electron chi connectivity index (χ1n) is 6.53. The Morgan fingerprint density at radius 1 is 1.43 bits per heavy atom. The highest BCUT2D eigenvalue weighted by Gasteiger charge is 2.08. The zero-order valence-electron chi connectivity index (χ0n) is 11.7. The maximum absolute atomic E-state index is 11.9. The second kappa shape index (κ2) is 7.22. The number of nitrogens with one attached hydrogen (secondary N) is 2. The molecule has 6 heteroatoms. The van der Waals surface area contributed by atoms with E-state index >= 15 is 0 Å². The molecule has 108 valence electrons. The Balaban J connectivity index is 1.94. The second-order valence-electron chi connectivity index (χ2n) is 4.41. The van der Waals surface area contributed by atoms with Crippen molar-refractivity contribution >= 4 is 5.91 Å². The van der Waals surface area contributed by atoms with Crippen molar-refractivity contribution in [1.82, 2.24) is 20.5 Å². The lowest BCUT2D eigenvalue weighted by atomic mass is 10.2. The molecule has 6 nitrogen and oxygen atoms in total. The Morgan fingerprint density at radius 3 is 2.90 bits per heavy atom. The van der Waals surface area contributed by atoms with E-state index < -0.39 is 0 Å². The van der Waals surface area contributed by atoms with Gasteiger partial charge in [-0.15, -0.1) is 0 Å². The van der Waals surface area contributed by atoms with Gasteiger partial charge in [0.15, 0.2) is 0 Å². The molecule has 0 spiro atoms. The second-order valence-corrected chi connectivity index (χ2v) is 4.41. The number of carbonyl (C=O) groups excluding carboxylic acids is 1. The number of nitrogens with zero attached hydrogens (tertiary/aromatic N) is 2. The number of aromatic nitrogens is 3. The summed E-state index contributed by atoms with van der Waals surface area (Å²) in [5.41, 5.74) is 2.92. The van der Waals surface area contributed by atoms with E-state index in [1.54, 1.807) is 24.5 Å². The van der Waals surface area contributed by atoms with Crippen LogP contribution in [0.25, 0.3) is 0 Å². The van der Waals surface area contributed by atoms with Crippen molar-refractivity contribution < 1.29 is 9.90 Å². The molecular formula is C15H16N4O2. The van der Waals surface area contributed by atoms with Gasteiger partial charge in [-0.25, -0.2) is 4.98 Å². The van der Waals surface area contributed by atoms with Crippen LogP contribution in [0.5, 0.6) is 0 Å². The molecule has 0 saturated carbocycles. The van der Waals surface area contributed by atoms with Crippen LogP contribution in [0.1, 0.15) is 33.7 Å². The third kappa shape index (κ3) is 4.16. The number of aliphatic hydroxyl groups is 1. The van der Waals surface area contributed by atoms with E-state index in [9.17, 15) is 4.79 Å². The highest BCUT2D eigenvalue weighted by molar-refractivity contribution is 5.92. The summed E-state index contributed by atoms with van der Waals surface area (Å²) in [5.74, 6) is 5.41. The molecule has 2 aromatic rings. The number of aromatic amines is 1. The van der Waals surface area contributed by atoms with Crippen LogP contribution in [0.3, 0.4) is 0 Å². The summed E-state index contributed by atoms with van der Waals surface area (Å²) in [4.78, 5) is 16.0. The van der Waals surface area contributed by atoms with E-state index in [0.29, 0.717) is 24.2 Å². The number of rotatable bonds is 4. The molecule has 0 saturated heterocycles. The summed E-state index contributed by atoms with van der Waals surface area (Å²) < 4.78 is 0. The SMILES string of the molecule is Cc1[nH]ncc1CNC(=O)c1ccc(C#CCCO)cn1. The van der Waals surface area contributed by atoms with E-state index in [-0.39, 0.29) is 12.5 Å². The lowest BCUT2D eigenvalue weighted by Crippen LogP contribution is -2.23. The predicted octanol–water partition coefficient (Wildman–Crippen LogP) is 0.777. The molecule has 2 rings (SSSR count). The van der Waals surface area contributed by atoms with Crippen molar-refractivity contribution in [2.24, 2.45) is 0 Å². The van der Waals surface area contributed by atoms with Gasteiger partial charge in [0.1, 0.15) is 5.69 Å². The summed E-state index contributed by atoms with van der Waals surface area (Å²) in [6.07, 6.45) is 3.65. The first-order chi connectivity index (χ1) is 10.2. The van der Waals surface area contributed by atoms with Gasteiger partial charge in [0.25, 0.3) is 5.91 Å². The maximum Gasteiger partial charge on any atom is 0.270 e. The van der Waals surface area contributed by atoms with Gasteiger partial charge in [-0.1, -0.05) is 11.8 Å². The van der Waals surface area contributed by atoms with Gasteiger partial charge >= 0.3 is 0 Å². The third-order valence-electron chi connectivity index (χ3n) is 2.84. The molecular weight excluding hydrogens is 268 g/mol. The number of hydrogen-bond donors (Lipinski definition) is 3. The largest absolute Gasteiger partial charge is 0.395 e. The van der Waals surface area contributed by atoms with E-state index in [4.69, 9.17) is 5.11 Å². The molecule has 0 aliphatic heterocycles. The van der Waals surface area contributed by atoms with Gasteiger partial charge < -0.3 is 10.4 Å². The van der Waals surface area contributed by atoms with Crippen LogP contribution >= 0.6 is 0 Å². The topological polar surface area (TPSA) is 90.9 Å². The molecule has 21 heavy (non-hydrogen) atoms. The van der Waals surface area contributed by atoms with Crippen molar-refractivity contribution in [3.63, 3.8) is 0 Å². The highest BCUT2D eigenvalue weighted by atomic mass is 16.2. The Bertz CT molecular complexity index is 665. The van der Waals surface area contributed by atoms with Crippen LogP contribution in [-0.4, -0.2) is 32.8 Å². The molecule has 0 bridgehead atoms. The molecule has 0 aromatic carbocycles. The van der Waals surface area contributed by atoms with Crippen LogP contribution < -0.4 is 5.32 Å². The molecule has 0 aliphatic carbocycles. The number of amides is 1. The number of aliphatic hydroxyl groups excluding tert-OH is 1. The lowest BCUT2D eigenvalue weighted by Gasteiger charge is -2.03. The van der Waals surface area contributed by atoms with Gasteiger partial charge in [0.05, 0.1) is 12.8 Å². The predicted molar refractivity (Wildman–Crippen MR) is 77.3 cm³/mol. The summed E-state index contributed by atoms with van der Waals surface area (Å²) >= 11 is 0. The van der Waals surface area contributed by atoms with Crippen LogP contribution in [0, 0.1) is 18.8 Å². The lowest BCUT2D eigenvalue weighted by molar-refractivity contribution is 0.0946. The Labute approximate surface area is 122 Å². The van der Waals surface area contributed by atoms with E-state index in [2.05, 4.69) is 32.3 Å². The van der Waals surface area contributed by atoms with Gasteiger partial charge in [-0.2, -0.15) is 5.10 Å². The minimum atomic E-state index is -0.245. The smallest absolute Gasteiger partial charge is 0.270 e. The van der Waals surface area contributed by atoms with Gasteiger partial charge in [0.2, 0.25) is 0 Å². The first kappa shape index (κ1) is 14.8. The third-order valence-corrected chi connectivity index (χ3v) is 2.84. The fourth-order valence-electron chi connectivity index (χ4n) is 1.64. The average molecular weight is 284 g/mol. The summed E-state index contributed by atoms with van der Waals surface area (Å²) in [7, 11) is 0. The summed E-state index contributed by atoms with van der Waals surface area (Å²) in [6.45, 7) is 2.34. The van der Waals surface area contributed by atoms with Crippen LogP contribution in [0.2, 0.25) is 0 Å². The van der Waals surface area contributed by atoms with Gasteiger partial charge in [0, 0.05) is 36.0 Å². The first-order valence-corrected chi connectivity index (χ1v) is 6.53. The minimum absolute atomic E-state index is 0.0361. The molecule has 1 amide bonds. The fourth-order valence-corrected chi connectivity index (χ4v) is 1.64. The molecule has 0 fully saturated rings. The maximum atomic E-state index is 11.9. The van der Waals surface area contributed by atoms with Crippen molar-refractivity contribution in [1.29, 1.82) is 0 Å². The van der Waals surface area contributed by atoms with Crippen molar-refractivity contribution in [2.45, 2.75) is 19.9 Å². The molecule has 2 heterocycles. The molecule has 0 radical (unpaired) electrons. The molecule has 0 aliphatic rings. The minimum Gasteiger partial charge on any atom is -0.395 e. The number of hydrogen-bond acceptors (Lipinski definition) is 4. The fraction of sp³-hybridized carbons (Fsp3) is 0.267. The number of aryl methyl sites for hydroxylation is 1. The van der Waals surface area contributed by atoms with Gasteiger partial charge in [-0.3, -0.25) is 9.89 Å². The molecule has 0 atom stereocenters.